The van der Waals surface area contributed by atoms with Crippen LogP contribution in [0.2, 0.25) is 0 Å². The number of Topliss-reactive ketones (excluding diaryl/α,β-unsaturated/α-hetero) is 1. The molecule has 0 bridgehead atoms. The predicted molar refractivity (Wildman–Crippen MR) is 124 cm³/mol. The van der Waals surface area contributed by atoms with Crippen LogP contribution in [0.15, 0.2) is 72.8 Å². The second-order valence-corrected chi connectivity index (χ2v) is 7.87. The molecule has 0 saturated heterocycles. The first kappa shape index (κ1) is 23.9. The fraction of sp³-hybridized carbons (Fsp3) is 0.167. The summed E-state index contributed by atoms with van der Waals surface area (Å²) in [4.78, 5) is 36.1. The van der Waals surface area contributed by atoms with Gasteiger partial charge in [0.05, 0.1) is 29.5 Å². The largest absolute Gasteiger partial charge is 0.493 e. The third-order valence-electron chi connectivity index (χ3n) is 4.84. The average molecular weight is 514 g/mol. The summed E-state index contributed by atoms with van der Waals surface area (Å²) in [6.45, 7) is 0. The number of nitro benzene ring substituents is 1. The smallest absolute Gasteiger partial charge is 0.339 e. The van der Waals surface area contributed by atoms with E-state index in [1.165, 1.54) is 44.6 Å². The van der Waals surface area contributed by atoms with Crippen LogP contribution in [0.25, 0.3) is 0 Å². The maximum Gasteiger partial charge on any atom is 0.339 e. The molecule has 0 N–H and O–H groups in total. The molecule has 0 amide bonds. The summed E-state index contributed by atoms with van der Waals surface area (Å²) in [5, 5.41) is 11.2. The number of nitrogens with zero attached hydrogens (tertiary/aromatic N) is 1. The van der Waals surface area contributed by atoms with Crippen LogP contribution in [0.1, 0.15) is 31.1 Å². The van der Waals surface area contributed by atoms with Gasteiger partial charge in [0, 0.05) is 17.7 Å². The molecule has 3 rings (SSSR count). The van der Waals surface area contributed by atoms with E-state index in [0.717, 1.165) is 0 Å². The zero-order valence-electron chi connectivity index (χ0n) is 17.8. The van der Waals surface area contributed by atoms with Crippen molar-refractivity contribution < 1.29 is 28.7 Å². The van der Waals surface area contributed by atoms with Crippen molar-refractivity contribution in [3.8, 4) is 11.5 Å². The minimum Gasteiger partial charge on any atom is -0.493 e. The van der Waals surface area contributed by atoms with Crippen LogP contribution in [-0.4, -0.2) is 37.0 Å². The molecule has 3 aromatic rings. The van der Waals surface area contributed by atoms with Crippen molar-refractivity contribution in [3.05, 3.63) is 99.6 Å². The van der Waals surface area contributed by atoms with Gasteiger partial charge in [0.2, 0.25) is 5.78 Å². The van der Waals surface area contributed by atoms with Gasteiger partial charge in [-0.1, -0.05) is 58.4 Å². The Balaban J connectivity index is 1.97. The quantitative estimate of drug-likeness (QED) is 0.128. The second kappa shape index (κ2) is 10.7. The molecule has 0 spiro atoms. The topological polar surface area (TPSA) is 105 Å². The first-order valence-corrected chi connectivity index (χ1v) is 10.7. The molecule has 8 nitrogen and oxygen atoms in total. The highest BCUT2D eigenvalue weighted by atomic mass is 79.9. The van der Waals surface area contributed by atoms with E-state index in [9.17, 15) is 19.7 Å². The molecule has 0 aliphatic carbocycles. The number of hydrogen-bond acceptors (Lipinski definition) is 7. The first-order chi connectivity index (χ1) is 15.8. The molecule has 0 aliphatic heterocycles. The number of hydrogen-bond donors (Lipinski definition) is 0. The average Bonchev–Trinajstić information content (AvgIpc) is 2.86. The fourth-order valence-electron chi connectivity index (χ4n) is 3.14. The van der Waals surface area contributed by atoms with Crippen molar-refractivity contribution in [1.82, 2.24) is 0 Å². The molecular formula is C24H20BrNO7. The summed E-state index contributed by atoms with van der Waals surface area (Å²) in [5.41, 5.74) is 0.752. The number of benzene rings is 3. The number of carbonyl (C=O) groups excluding carboxylic acids is 2. The molecule has 0 aliphatic rings. The van der Waals surface area contributed by atoms with Crippen LogP contribution in [-0.2, 0) is 4.74 Å². The van der Waals surface area contributed by atoms with Gasteiger partial charge in [-0.25, -0.2) is 4.79 Å². The van der Waals surface area contributed by atoms with E-state index < -0.39 is 27.6 Å². The third-order valence-corrected chi connectivity index (χ3v) is 5.84. The molecule has 0 fully saturated rings. The van der Waals surface area contributed by atoms with Crippen molar-refractivity contribution in [2.45, 2.75) is 10.9 Å². The van der Waals surface area contributed by atoms with Crippen molar-refractivity contribution in [2.75, 3.05) is 14.2 Å². The summed E-state index contributed by atoms with van der Waals surface area (Å²) >= 11 is 3.42. The van der Waals surface area contributed by atoms with Gasteiger partial charge in [-0.15, -0.1) is 0 Å². The highest BCUT2D eigenvalue weighted by Crippen LogP contribution is 2.34. The lowest BCUT2D eigenvalue weighted by Gasteiger charge is -2.22. The standard InChI is InChI=1S/C24H20BrNO7/c1-31-19-12-11-17(14-20(19)32-2)24(28)33-23(22(27)15-7-4-3-5-8-15)21(25)16-9-6-10-18(13-16)26(29)30/h3-14,21,23H,1-2H3/t21-,23-/m0/s1. The summed E-state index contributed by atoms with van der Waals surface area (Å²) in [7, 11) is 2.91. The number of methoxy groups -OCH3 is 2. The minimum absolute atomic E-state index is 0.144. The normalized spacial score (nSPS) is 12.3. The van der Waals surface area contributed by atoms with Gasteiger partial charge < -0.3 is 14.2 Å². The zero-order valence-corrected chi connectivity index (χ0v) is 19.4. The van der Waals surface area contributed by atoms with Crippen molar-refractivity contribution >= 4 is 33.4 Å². The lowest BCUT2D eigenvalue weighted by atomic mass is 9.99. The summed E-state index contributed by atoms with van der Waals surface area (Å²) in [6, 6.07) is 18.6. The molecule has 2 atom stereocenters. The molecule has 9 heteroatoms. The number of non-ortho nitro benzene ring substituents is 1. The predicted octanol–water partition coefficient (Wildman–Crippen LogP) is 5.16. The minimum atomic E-state index is -1.30. The van der Waals surface area contributed by atoms with E-state index in [4.69, 9.17) is 14.2 Å². The van der Waals surface area contributed by atoms with E-state index in [1.807, 2.05) is 0 Å². The maximum atomic E-state index is 13.3. The first-order valence-electron chi connectivity index (χ1n) is 9.76. The van der Waals surface area contributed by atoms with E-state index in [-0.39, 0.29) is 11.3 Å². The van der Waals surface area contributed by atoms with E-state index >= 15 is 0 Å². The van der Waals surface area contributed by atoms with Gasteiger partial charge in [-0.2, -0.15) is 0 Å². The maximum absolute atomic E-state index is 13.3. The van der Waals surface area contributed by atoms with E-state index in [0.29, 0.717) is 22.6 Å². The number of halogens is 1. The van der Waals surface area contributed by atoms with Crippen LogP contribution in [0, 0.1) is 10.1 Å². The molecule has 170 valence electrons. The van der Waals surface area contributed by atoms with Crippen LogP contribution in [0.3, 0.4) is 0 Å². The third kappa shape index (κ3) is 5.56. The Bertz CT molecular complexity index is 1170. The van der Waals surface area contributed by atoms with Gasteiger partial charge in [0.1, 0.15) is 0 Å². The van der Waals surface area contributed by atoms with Gasteiger partial charge in [-0.05, 0) is 23.8 Å². The van der Waals surface area contributed by atoms with Gasteiger partial charge in [0.15, 0.2) is 17.6 Å². The summed E-state index contributed by atoms with van der Waals surface area (Å²) in [5.74, 6) is -0.467. The van der Waals surface area contributed by atoms with Gasteiger partial charge >= 0.3 is 5.97 Å². The molecule has 0 aromatic heterocycles. The molecule has 33 heavy (non-hydrogen) atoms. The Kier molecular flexibility index (Phi) is 7.78. The molecule has 0 radical (unpaired) electrons. The summed E-state index contributed by atoms with van der Waals surface area (Å²) < 4.78 is 16.1. The highest BCUT2D eigenvalue weighted by Gasteiger charge is 2.33. The number of carbonyl (C=O) groups is 2. The van der Waals surface area contributed by atoms with Crippen molar-refractivity contribution in [3.63, 3.8) is 0 Å². The number of nitro groups is 1. The summed E-state index contributed by atoms with van der Waals surface area (Å²) in [6.07, 6.45) is -1.30. The number of alkyl halides is 1. The van der Waals surface area contributed by atoms with Gasteiger partial charge in [-0.3, -0.25) is 14.9 Å². The van der Waals surface area contributed by atoms with E-state index in [1.54, 1.807) is 42.5 Å². The fourth-order valence-corrected chi connectivity index (χ4v) is 3.78. The zero-order chi connectivity index (χ0) is 24.0. The SMILES string of the molecule is COc1ccc(C(=O)O[C@H](C(=O)c2ccccc2)[C@@H](Br)c2cccc([N+](=O)[O-])c2)cc1OC. The Labute approximate surface area is 198 Å². The number of esters is 1. The van der Waals surface area contributed by atoms with Crippen molar-refractivity contribution in [1.29, 1.82) is 0 Å². The monoisotopic (exact) mass is 513 g/mol. The number of rotatable bonds is 9. The highest BCUT2D eigenvalue weighted by molar-refractivity contribution is 9.09. The number of ketones is 1. The second-order valence-electron chi connectivity index (χ2n) is 6.88. The Morgan fingerprint density at radius 2 is 1.58 bits per heavy atom. The van der Waals surface area contributed by atoms with Crippen LogP contribution < -0.4 is 9.47 Å². The Morgan fingerprint density at radius 3 is 2.21 bits per heavy atom. The molecular weight excluding hydrogens is 494 g/mol. The number of ether oxygens (including phenoxy) is 3. The van der Waals surface area contributed by atoms with E-state index in [2.05, 4.69) is 15.9 Å². The van der Waals surface area contributed by atoms with Crippen LogP contribution >= 0.6 is 15.9 Å². The molecule has 3 aromatic carbocycles. The Hall–Kier alpha value is -3.72. The van der Waals surface area contributed by atoms with Gasteiger partial charge in [0.25, 0.3) is 5.69 Å². The van der Waals surface area contributed by atoms with Crippen LogP contribution in [0.4, 0.5) is 5.69 Å². The molecule has 0 heterocycles. The molecule has 0 unspecified atom stereocenters. The Morgan fingerprint density at radius 1 is 0.879 bits per heavy atom. The lowest BCUT2D eigenvalue weighted by Crippen LogP contribution is -2.31. The van der Waals surface area contributed by atoms with Crippen molar-refractivity contribution in [2.24, 2.45) is 0 Å². The molecule has 0 saturated carbocycles. The van der Waals surface area contributed by atoms with Crippen LogP contribution in [0.5, 0.6) is 11.5 Å². The lowest BCUT2D eigenvalue weighted by molar-refractivity contribution is -0.384.